The Morgan fingerprint density at radius 1 is 1.07 bits per heavy atom. The van der Waals surface area contributed by atoms with Gasteiger partial charge in [-0.25, -0.2) is 4.98 Å². The molecule has 2 saturated heterocycles. The lowest BCUT2D eigenvalue weighted by atomic mass is 10.1. The molecule has 0 bridgehead atoms. The quantitative estimate of drug-likeness (QED) is 0.642. The number of amides is 2. The second-order valence-corrected chi connectivity index (χ2v) is 8.45. The van der Waals surface area contributed by atoms with Crippen LogP contribution in [0.5, 0.6) is 0 Å². The summed E-state index contributed by atoms with van der Waals surface area (Å²) in [4.78, 5) is 34.2. The predicted molar refractivity (Wildman–Crippen MR) is 117 cm³/mol. The number of anilines is 1. The lowest BCUT2D eigenvalue weighted by Crippen LogP contribution is -2.32. The molecule has 2 fully saturated rings. The van der Waals surface area contributed by atoms with Crippen LogP contribution >= 0.6 is 11.6 Å². The van der Waals surface area contributed by atoms with E-state index in [2.05, 4.69) is 0 Å². The Kier molecular flexibility index (Phi) is 4.95. The minimum absolute atomic E-state index is 0.0619. The van der Waals surface area contributed by atoms with Gasteiger partial charge < -0.3 is 14.4 Å². The Balaban J connectivity index is 1.47. The number of imidazole rings is 1. The van der Waals surface area contributed by atoms with Gasteiger partial charge in [0.05, 0.1) is 11.0 Å². The second-order valence-electron chi connectivity index (χ2n) is 8.01. The molecule has 2 aromatic carbocycles. The molecule has 1 unspecified atom stereocenters. The number of carbonyl (C=O) groups excluding carboxylic acids is 2. The molecule has 1 atom stereocenters. The first-order chi connectivity index (χ1) is 14.6. The first-order valence-electron chi connectivity index (χ1n) is 10.4. The molecule has 154 valence electrons. The topological polar surface area (TPSA) is 58.4 Å². The summed E-state index contributed by atoms with van der Waals surface area (Å²) in [6.07, 6.45) is 2.51. The van der Waals surface area contributed by atoms with Gasteiger partial charge in [0.2, 0.25) is 11.8 Å². The minimum atomic E-state index is -0.0630. The van der Waals surface area contributed by atoms with Crippen LogP contribution in [0.1, 0.15) is 31.0 Å². The number of halogens is 1. The molecule has 0 aliphatic carbocycles. The standard InChI is InChI=1S/C23H23ClN4O2/c24-17-7-9-18(10-8-17)27-14-16(13-21(27)29)23-25-19-5-1-2-6-20(19)28(23)15-22(30)26-11-3-4-12-26/h1-2,5-10,16H,3-4,11-15H2. The normalized spacial score (nSPS) is 19.2. The molecule has 0 spiro atoms. The van der Waals surface area contributed by atoms with E-state index in [0.717, 1.165) is 48.5 Å². The molecule has 0 N–H and O–H groups in total. The molecule has 0 saturated carbocycles. The molecular formula is C23H23ClN4O2. The van der Waals surface area contributed by atoms with Gasteiger partial charge in [-0.3, -0.25) is 9.59 Å². The fourth-order valence-corrected chi connectivity index (χ4v) is 4.65. The van der Waals surface area contributed by atoms with Crippen LogP contribution in [0.15, 0.2) is 48.5 Å². The average Bonchev–Trinajstić information content (AvgIpc) is 3.48. The van der Waals surface area contributed by atoms with Crippen molar-refractivity contribution in [2.75, 3.05) is 24.5 Å². The van der Waals surface area contributed by atoms with E-state index in [0.29, 0.717) is 18.0 Å². The number of hydrogen-bond acceptors (Lipinski definition) is 3. The molecule has 0 radical (unpaired) electrons. The molecule has 2 amide bonds. The first-order valence-corrected chi connectivity index (χ1v) is 10.8. The zero-order valence-electron chi connectivity index (χ0n) is 16.6. The number of aromatic nitrogens is 2. The lowest BCUT2D eigenvalue weighted by Gasteiger charge is -2.19. The van der Waals surface area contributed by atoms with Gasteiger partial charge >= 0.3 is 0 Å². The monoisotopic (exact) mass is 422 g/mol. The minimum Gasteiger partial charge on any atom is -0.341 e. The van der Waals surface area contributed by atoms with Gasteiger partial charge in [0.25, 0.3) is 0 Å². The number of fused-ring (bicyclic) bond motifs is 1. The Hall–Kier alpha value is -2.86. The number of hydrogen-bond donors (Lipinski definition) is 0. The van der Waals surface area contributed by atoms with Crippen LogP contribution in [0.4, 0.5) is 5.69 Å². The van der Waals surface area contributed by atoms with E-state index in [1.165, 1.54) is 0 Å². The highest BCUT2D eigenvalue weighted by atomic mass is 35.5. The summed E-state index contributed by atoms with van der Waals surface area (Å²) in [5, 5.41) is 0.643. The van der Waals surface area contributed by atoms with Gasteiger partial charge in [0, 0.05) is 42.7 Å². The van der Waals surface area contributed by atoms with Crippen molar-refractivity contribution < 1.29 is 9.59 Å². The zero-order chi connectivity index (χ0) is 20.7. The van der Waals surface area contributed by atoms with Gasteiger partial charge in [-0.2, -0.15) is 0 Å². The van der Waals surface area contributed by atoms with Crippen LogP contribution in [-0.2, 0) is 16.1 Å². The zero-order valence-corrected chi connectivity index (χ0v) is 17.4. The lowest BCUT2D eigenvalue weighted by molar-refractivity contribution is -0.130. The van der Waals surface area contributed by atoms with E-state index in [1.54, 1.807) is 17.0 Å². The molecule has 3 heterocycles. The number of likely N-dealkylation sites (tertiary alicyclic amines) is 1. The molecule has 30 heavy (non-hydrogen) atoms. The molecule has 6 nitrogen and oxygen atoms in total. The van der Waals surface area contributed by atoms with E-state index in [-0.39, 0.29) is 24.3 Å². The van der Waals surface area contributed by atoms with Crippen molar-refractivity contribution in [3.63, 3.8) is 0 Å². The van der Waals surface area contributed by atoms with Crippen molar-refractivity contribution in [2.24, 2.45) is 0 Å². The van der Waals surface area contributed by atoms with E-state index in [1.807, 2.05) is 45.9 Å². The van der Waals surface area contributed by atoms with E-state index in [9.17, 15) is 9.59 Å². The fourth-order valence-electron chi connectivity index (χ4n) is 4.52. The van der Waals surface area contributed by atoms with Gasteiger partial charge in [-0.1, -0.05) is 23.7 Å². The Labute approximate surface area is 180 Å². The van der Waals surface area contributed by atoms with E-state index in [4.69, 9.17) is 16.6 Å². The van der Waals surface area contributed by atoms with Crippen molar-refractivity contribution in [1.29, 1.82) is 0 Å². The summed E-state index contributed by atoms with van der Waals surface area (Å²) in [6.45, 7) is 2.46. The number of carbonyl (C=O) groups is 2. The number of rotatable bonds is 4. The van der Waals surface area contributed by atoms with Gasteiger partial charge in [-0.15, -0.1) is 0 Å². The largest absolute Gasteiger partial charge is 0.341 e. The summed E-state index contributed by atoms with van der Waals surface area (Å²) in [6, 6.07) is 15.2. The maximum atomic E-state index is 12.9. The van der Waals surface area contributed by atoms with Crippen LogP contribution in [0.3, 0.4) is 0 Å². The highest BCUT2D eigenvalue weighted by Crippen LogP contribution is 2.33. The fraction of sp³-hybridized carbons (Fsp3) is 0.348. The first kappa shape index (κ1) is 19.1. The number of nitrogens with zero attached hydrogens (tertiary/aromatic N) is 4. The van der Waals surface area contributed by atoms with Gasteiger partial charge in [0.1, 0.15) is 12.4 Å². The van der Waals surface area contributed by atoms with Crippen LogP contribution in [-0.4, -0.2) is 45.9 Å². The Morgan fingerprint density at radius 2 is 1.80 bits per heavy atom. The van der Waals surface area contributed by atoms with Crippen LogP contribution in [0.2, 0.25) is 5.02 Å². The highest BCUT2D eigenvalue weighted by Gasteiger charge is 2.35. The highest BCUT2D eigenvalue weighted by molar-refractivity contribution is 6.30. The van der Waals surface area contributed by atoms with Crippen LogP contribution in [0.25, 0.3) is 11.0 Å². The third-order valence-corrected chi connectivity index (χ3v) is 6.32. The summed E-state index contributed by atoms with van der Waals surface area (Å²) < 4.78 is 2.01. The maximum absolute atomic E-state index is 12.9. The summed E-state index contributed by atoms with van der Waals surface area (Å²) >= 11 is 5.99. The Morgan fingerprint density at radius 3 is 2.57 bits per heavy atom. The van der Waals surface area contributed by atoms with Crippen molar-refractivity contribution in [3.05, 3.63) is 59.4 Å². The molecule has 2 aliphatic heterocycles. The molecule has 3 aromatic rings. The molecule has 5 rings (SSSR count). The summed E-state index contributed by atoms with van der Waals surface area (Å²) in [5.74, 6) is 0.933. The molecule has 1 aromatic heterocycles. The third kappa shape index (κ3) is 3.45. The van der Waals surface area contributed by atoms with Crippen molar-refractivity contribution in [3.8, 4) is 0 Å². The van der Waals surface area contributed by atoms with Crippen molar-refractivity contribution in [2.45, 2.75) is 31.7 Å². The molecule has 7 heteroatoms. The Bertz CT molecular complexity index is 1100. The second kappa shape index (κ2) is 7.76. The average molecular weight is 423 g/mol. The maximum Gasteiger partial charge on any atom is 0.242 e. The molecule has 2 aliphatic rings. The van der Waals surface area contributed by atoms with E-state index < -0.39 is 0 Å². The summed E-state index contributed by atoms with van der Waals surface area (Å²) in [5.41, 5.74) is 2.64. The number of benzene rings is 2. The summed E-state index contributed by atoms with van der Waals surface area (Å²) in [7, 11) is 0. The third-order valence-electron chi connectivity index (χ3n) is 6.06. The van der Waals surface area contributed by atoms with Crippen molar-refractivity contribution in [1.82, 2.24) is 14.5 Å². The number of para-hydroxylation sites is 2. The van der Waals surface area contributed by atoms with Crippen LogP contribution in [0, 0.1) is 0 Å². The SMILES string of the molecule is O=C(Cn1c(C2CC(=O)N(c3ccc(Cl)cc3)C2)nc2ccccc21)N1CCCC1. The van der Waals surface area contributed by atoms with Gasteiger partial charge in [0.15, 0.2) is 0 Å². The van der Waals surface area contributed by atoms with Gasteiger partial charge in [-0.05, 0) is 49.2 Å². The predicted octanol–water partition coefficient (Wildman–Crippen LogP) is 3.83. The van der Waals surface area contributed by atoms with Crippen LogP contribution < -0.4 is 4.90 Å². The van der Waals surface area contributed by atoms with E-state index >= 15 is 0 Å². The molecular weight excluding hydrogens is 400 g/mol. The van der Waals surface area contributed by atoms with Crippen molar-refractivity contribution >= 4 is 40.1 Å². The smallest absolute Gasteiger partial charge is 0.242 e.